The van der Waals surface area contributed by atoms with Crippen LogP contribution in [0.1, 0.15) is 126 Å². The van der Waals surface area contributed by atoms with E-state index in [1.807, 2.05) is 11.0 Å². The van der Waals surface area contributed by atoms with Crippen LogP contribution in [0.15, 0.2) is 71.0 Å². The van der Waals surface area contributed by atoms with Crippen LogP contribution in [0.4, 0.5) is 5.82 Å². The van der Waals surface area contributed by atoms with Crippen molar-refractivity contribution in [1.82, 2.24) is 19.5 Å². The molecule has 2 atom stereocenters. The summed E-state index contributed by atoms with van der Waals surface area (Å²) >= 11 is 0. The smallest absolute Gasteiger partial charge is 0.267 e. The molecule has 2 bridgehead atoms. The largest absolute Gasteiger partial charge is 0.383 e. The van der Waals surface area contributed by atoms with Gasteiger partial charge in [0.15, 0.2) is 11.4 Å². The van der Waals surface area contributed by atoms with Gasteiger partial charge in [-0.15, -0.1) is 0 Å². The van der Waals surface area contributed by atoms with Gasteiger partial charge in [0.25, 0.3) is 5.91 Å². The average Bonchev–Trinajstić information content (AvgIpc) is 3.66. The number of Topliss-reactive ketones (excluding diaryl/α,β-unsaturated/α-hetero) is 1. The Hall–Kier alpha value is -4.66. The average molecular weight is 662 g/mol. The van der Waals surface area contributed by atoms with Crippen LogP contribution in [0, 0.1) is 0 Å². The number of piperidine rings is 1. The Kier molecular flexibility index (Phi) is 11.4. The molecular formula is C40H51N7O2. The Morgan fingerprint density at radius 1 is 1.06 bits per heavy atom. The first-order valence-electron chi connectivity index (χ1n) is 17.8. The van der Waals surface area contributed by atoms with E-state index < -0.39 is 5.41 Å². The lowest BCUT2D eigenvalue weighted by Crippen LogP contribution is -2.52. The highest BCUT2D eigenvalue weighted by Crippen LogP contribution is 2.50. The summed E-state index contributed by atoms with van der Waals surface area (Å²) < 4.78 is 1.60. The van der Waals surface area contributed by atoms with E-state index in [4.69, 9.17) is 10.7 Å². The van der Waals surface area contributed by atoms with E-state index in [0.29, 0.717) is 29.9 Å². The maximum Gasteiger partial charge on any atom is 0.267 e. The van der Waals surface area contributed by atoms with Crippen molar-refractivity contribution in [1.29, 1.82) is 0 Å². The number of nitrogen functional groups attached to an aromatic ring is 1. The number of anilines is 1. The fourth-order valence-corrected chi connectivity index (χ4v) is 7.55. The standard InChI is InChI=1S/C40H51N7O2/c1-7-10-14-21-42-43-26-35(49)46-32-19-20-33(46)24-40(9-3,23-32)37-36(29(6)48)38(41)47-39(45-37)34(25-44-47)28(5)17-18-31(22-27(4)8-2)30-15-12-11-13-16-30/h11-13,15-18,21,25-26,32-33H,4,7-10,14,19-20,22-24,41H2,1-3,5-6H3. The minimum Gasteiger partial charge on any atom is -0.383 e. The van der Waals surface area contributed by atoms with Crippen molar-refractivity contribution < 1.29 is 9.59 Å². The molecule has 4 heterocycles. The van der Waals surface area contributed by atoms with E-state index in [2.05, 4.69) is 86.0 Å². The molecular weight excluding hydrogens is 610 g/mol. The molecule has 9 heteroatoms. The maximum atomic E-state index is 13.3. The van der Waals surface area contributed by atoms with Gasteiger partial charge in [0.1, 0.15) is 12.0 Å². The molecule has 2 aliphatic rings. The molecule has 49 heavy (non-hydrogen) atoms. The minimum atomic E-state index is -0.422. The Morgan fingerprint density at radius 3 is 2.41 bits per heavy atom. The predicted octanol–water partition coefficient (Wildman–Crippen LogP) is 8.41. The summed E-state index contributed by atoms with van der Waals surface area (Å²) in [6.45, 7) is 14.3. The Balaban J connectivity index is 1.52. The normalized spacial score (nSPS) is 21.4. The fraction of sp³-hybridized carbons (Fsp3) is 0.450. The van der Waals surface area contributed by atoms with Crippen molar-refractivity contribution in [3.63, 3.8) is 0 Å². The predicted molar refractivity (Wildman–Crippen MR) is 201 cm³/mol. The molecule has 9 nitrogen and oxygen atoms in total. The molecule has 2 unspecified atom stereocenters. The summed E-state index contributed by atoms with van der Waals surface area (Å²) in [4.78, 5) is 33.9. The molecule has 2 aliphatic heterocycles. The molecule has 5 rings (SSSR count). The highest BCUT2D eigenvalue weighted by Gasteiger charge is 2.51. The van der Waals surface area contributed by atoms with Gasteiger partial charge in [-0.3, -0.25) is 9.59 Å². The number of benzene rings is 1. The van der Waals surface area contributed by atoms with E-state index in [9.17, 15) is 9.59 Å². The molecule has 1 aromatic carbocycles. The molecule has 0 aliphatic carbocycles. The Bertz CT molecular complexity index is 1800. The second-order valence-electron chi connectivity index (χ2n) is 13.6. The maximum absolute atomic E-state index is 13.3. The van der Waals surface area contributed by atoms with Crippen molar-refractivity contribution in [2.45, 2.75) is 116 Å². The van der Waals surface area contributed by atoms with E-state index in [0.717, 1.165) is 73.8 Å². The van der Waals surface area contributed by atoms with Gasteiger partial charge in [0.2, 0.25) is 0 Å². The van der Waals surface area contributed by atoms with Crippen molar-refractivity contribution in [2.24, 2.45) is 10.2 Å². The fourth-order valence-electron chi connectivity index (χ4n) is 7.55. The van der Waals surface area contributed by atoms with Crippen molar-refractivity contribution in [3.05, 3.63) is 83.2 Å². The molecule has 0 spiro atoms. The number of carbonyl (C=O) groups is 2. The molecule has 258 valence electrons. The van der Waals surface area contributed by atoms with Gasteiger partial charge in [-0.05, 0) is 88.3 Å². The number of carbonyl (C=O) groups excluding carboxylic acids is 2. The Labute approximate surface area is 290 Å². The van der Waals surface area contributed by atoms with Gasteiger partial charge in [-0.1, -0.05) is 81.8 Å². The molecule has 0 saturated carbocycles. The van der Waals surface area contributed by atoms with Crippen LogP contribution in [0.25, 0.3) is 16.8 Å². The topological polar surface area (TPSA) is 118 Å². The number of allylic oxidation sites excluding steroid dienone is 5. The third-order valence-electron chi connectivity index (χ3n) is 10.4. The molecule has 2 saturated heterocycles. The number of aromatic nitrogens is 3. The third kappa shape index (κ3) is 7.51. The lowest BCUT2D eigenvalue weighted by Gasteiger charge is -2.46. The number of hydrogen-bond acceptors (Lipinski definition) is 7. The van der Waals surface area contributed by atoms with E-state index >= 15 is 0 Å². The Morgan fingerprint density at radius 2 is 1.78 bits per heavy atom. The molecule has 2 N–H and O–H groups in total. The van der Waals surface area contributed by atoms with Crippen molar-refractivity contribution >= 4 is 46.7 Å². The molecule has 2 fully saturated rings. The van der Waals surface area contributed by atoms with Gasteiger partial charge in [-0.2, -0.15) is 19.8 Å². The molecule has 1 amide bonds. The summed E-state index contributed by atoms with van der Waals surface area (Å²) in [6, 6.07) is 10.4. The lowest BCUT2D eigenvalue weighted by molar-refractivity contribution is -0.129. The van der Waals surface area contributed by atoms with Crippen LogP contribution in [-0.2, 0) is 10.2 Å². The summed E-state index contributed by atoms with van der Waals surface area (Å²) in [5.74, 6) is 0.0615. The number of nitrogens with zero attached hydrogens (tertiary/aromatic N) is 6. The highest BCUT2D eigenvalue weighted by molar-refractivity contribution is 6.26. The van der Waals surface area contributed by atoms with Gasteiger partial charge >= 0.3 is 0 Å². The first-order valence-corrected chi connectivity index (χ1v) is 17.8. The molecule has 2 aromatic heterocycles. The highest BCUT2D eigenvalue weighted by atomic mass is 16.2. The lowest BCUT2D eigenvalue weighted by atomic mass is 9.69. The van der Waals surface area contributed by atoms with Crippen LogP contribution in [0.3, 0.4) is 0 Å². The van der Waals surface area contributed by atoms with Crippen molar-refractivity contribution in [2.75, 3.05) is 5.73 Å². The van der Waals surface area contributed by atoms with Crippen LogP contribution >= 0.6 is 0 Å². The quantitative estimate of drug-likeness (QED) is 0.0465. The SMILES string of the molecule is C=C(CC)CC(=CC=C(C)c1cnn2c(N)c(C(C)=O)c(C3(CC)CC4CCC(C3)N4C(=O)C=NN=CCCCC)nc12)c1ccccc1. The number of unbranched alkanes of at least 4 members (excludes halogenated alkanes) is 2. The minimum absolute atomic E-state index is 0.0196. The molecule has 3 aromatic rings. The number of rotatable bonds is 14. The number of fused-ring (bicyclic) bond motifs is 3. The van der Waals surface area contributed by atoms with Gasteiger partial charge in [0, 0.05) is 29.3 Å². The van der Waals surface area contributed by atoms with Crippen molar-refractivity contribution in [3.8, 4) is 0 Å². The van der Waals surface area contributed by atoms with Crippen LogP contribution in [0.2, 0.25) is 0 Å². The summed E-state index contributed by atoms with van der Waals surface area (Å²) in [5.41, 5.74) is 13.5. The number of hydrogen-bond donors (Lipinski definition) is 1. The summed E-state index contributed by atoms with van der Waals surface area (Å²) in [7, 11) is 0. The first-order chi connectivity index (χ1) is 23.6. The number of nitrogens with two attached hydrogens (primary N) is 1. The van der Waals surface area contributed by atoms with Gasteiger partial charge in [0.05, 0.1) is 17.5 Å². The summed E-state index contributed by atoms with van der Waals surface area (Å²) in [5, 5.41) is 12.7. The second-order valence-corrected chi connectivity index (χ2v) is 13.6. The monoisotopic (exact) mass is 661 g/mol. The van der Waals surface area contributed by atoms with Crippen LogP contribution < -0.4 is 5.73 Å². The zero-order chi connectivity index (χ0) is 35.1. The van der Waals surface area contributed by atoms with Crippen LogP contribution in [-0.4, -0.2) is 55.7 Å². The third-order valence-corrected chi connectivity index (χ3v) is 10.4. The van der Waals surface area contributed by atoms with E-state index in [1.165, 1.54) is 17.4 Å². The zero-order valence-electron chi connectivity index (χ0n) is 29.8. The van der Waals surface area contributed by atoms with Crippen LogP contribution in [0.5, 0.6) is 0 Å². The first kappa shape index (κ1) is 35.6. The van der Waals surface area contributed by atoms with Gasteiger partial charge < -0.3 is 10.6 Å². The molecule has 0 radical (unpaired) electrons. The zero-order valence-corrected chi connectivity index (χ0v) is 29.8. The van der Waals surface area contributed by atoms with E-state index in [1.54, 1.807) is 23.9 Å². The van der Waals surface area contributed by atoms with Gasteiger partial charge in [-0.25, -0.2) is 4.98 Å². The number of ketones is 1. The number of amides is 1. The summed E-state index contributed by atoms with van der Waals surface area (Å²) in [6.07, 6.45) is 17.8. The van der Waals surface area contributed by atoms with E-state index in [-0.39, 0.29) is 23.8 Å². The second kappa shape index (κ2) is 15.7.